The number of hydrogen-bond acceptors (Lipinski definition) is 1. The Kier molecular flexibility index (Phi) is 3.71. The van der Waals surface area contributed by atoms with E-state index in [4.69, 9.17) is 0 Å². The van der Waals surface area contributed by atoms with Crippen molar-refractivity contribution in [3.63, 3.8) is 0 Å². The summed E-state index contributed by atoms with van der Waals surface area (Å²) in [5.74, 6) is 0.789. The lowest BCUT2D eigenvalue weighted by Crippen LogP contribution is -2.34. The van der Waals surface area contributed by atoms with Crippen LogP contribution < -0.4 is 5.32 Å². The molecule has 1 unspecified atom stereocenters. The minimum absolute atomic E-state index is 0.591. The summed E-state index contributed by atoms with van der Waals surface area (Å²) in [6.07, 6.45) is 9.46. The largest absolute Gasteiger partial charge is 0.361 e. The second-order valence-corrected chi connectivity index (χ2v) is 7.57. The Bertz CT molecular complexity index is 909. The summed E-state index contributed by atoms with van der Waals surface area (Å²) in [6.45, 7) is 0.985. The highest BCUT2D eigenvalue weighted by Gasteiger charge is 2.26. The van der Waals surface area contributed by atoms with Gasteiger partial charge in [-0.05, 0) is 54.4 Å². The summed E-state index contributed by atoms with van der Waals surface area (Å²) in [4.78, 5) is 3.42. The van der Waals surface area contributed by atoms with Crippen LogP contribution in [0.1, 0.15) is 29.5 Å². The first-order valence-corrected chi connectivity index (χ1v) is 9.42. The Morgan fingerprint density at radius 2 is 1.64 bits per heavy atom. The van der Waals surface area contributed by atoms with Gasteiger partial charge in [-0.1, -0.05) is 48.5 Å². The molecule has 0 radical (unpaired) electrons. The van der Waals surface area contributed by atoms with Crippen molar-refractivity contribution >= 4 is 16.5 Å². The fraction of sp³-hybridized carbons (Fsp3) is 0.304. The van der Waals surface area contributed by atoms with Crippen LogP contribution in [0.3, 0.4) is 0 Å². The summed E-state index contributed by atoms with van der Waals surface area (Å²) in [7, 11) is 0. The molecular weight excluding hydrogens is 304 g/mol. The van der Waals surface area contributed by atoms with Gasteiger partial charge in [-0.2, -0.15) is 0 Å². The Balaban J connectivity index is 1.31. The molecule has 0 saturated carbocycles. The van der Waals surface area contributed by atoms with Gasteiger partial charge in [0.05, 0.1) is 0 Å². The summed E-state index contributed by atoms with van der Waals surface area (Å²) >= 11 is 0. The summed E-state index contributed by atoms with van der Waals surface area (Å²) in [5.41, 5.74) is 7.25. The molecule has 0 amide bonds. The Labute approximate surface area is 149 Å². The van der Waals surface area contributed by atoms with Gasteiger partial charge in [0.1, 0.15) is 0 Å². The molecule has 2 heteroatoms. The molecule has 2 heterocycles. The maximum atomic E-state index is 3.73. The van der Waals surface area contributed by atoms with Crippen molar-refractivity contribution in [3.05, 3.63) is 77.5 Å². The number of para-hydroxylation sites is 1. The average molecular weight is 328 g/mol. The average Bonchev–Trinajstić information content (AvgIpc) is 3.25. The summed E-state index contributed by atoms with van der Waals surface area (Å²) < 4.78 is 0. The number of hydrogen-bond donors (Lipinski definition) is 2. The zero-order valence-corrected chi connectivity index (χ0v) is 14.5. The molecule has 0 fully saturated rings. The van der Waals surface area contributed by atoms with E-state index < -0.39 is 0 Å². The Morgan fingerprint density at radius 1 is 0.880 bits per heavy atom. The van der Waals surface area contributed by atoms with Crippen LogP contribution in [-0.2, 0) is 12.8 Å². The quantitative estimate of drug-likeness (QED) is 0.715. The molecule has 2 N–H and O–H groups in total. The van der Waals surface area contributed by atoms with Crippen molar-refractivity contribution in [1.29, 1.82) is 0 Å². The van der Waals surface area contributed by atoms with E-state index in [1.165, 1.54) is 41.3 Å². The van der Waals surface area contributed by atoms with Gasteiger partial charge in [-0.25, -0.2) is 0 Å². The topological polar surface area (TPSA) is 27.8 Å². The van der Waals surface area contributed by atoms with Gasteiger partial charge in [0.25, 0.3) is 0 Å². The number of aromatic amines is 1. The molecule has 1 aromatic heterocycles. The third-order valence-corrected chi connectivity index (χ3v) is 5.91. The van der Waals surface area contributed by atoms with Crippen molar-refractivity contribution in [1.82, 2.24) is 10.3 Å². The standard InChI is InChI=1S/C23H24N2/c1-2-6-18-12-16(11-17(18)5-1)13-20-14-19(9-10-24-20)22-15-25-23-8-4-3-7-21(22)23/h1-9,15-16,20,24-25H,10-14H2. The highest BCUT2D eigenvalue weighted by Crippen LogP contribution is 2.34. The van der Waals surface area contributed by atoms with Gasteiger partial charge < -0.3 is 10.3 Å². The maximum Gasteiger partial charge on any atom is 0.0460 e. The predicted octanol–water partition coefficient (Wildman–Crippen LogP) is 4.72. The van der Waals surface area contributed by atoms with E-state index >= 15 is 0 Å². The molecule has 0 spiro atoms. The van der Waals surface area contributed by atoms with E-state index in [2.05, 4.69) is 71.1 Å². The zero-order valence-electron chi connectivity index (χ0n) is 14.5. The lowest BCUT2D eigenvalue weighted by molar-refractivity contribution is 0.400. The van der Waals surface area contributed by atoms with Crippen LogP contribution in [0, 0.1) is 5.92 Å². The third kappa shape index (κ3) is 2.81. The van der Waals surface area contributed by atoms with Crippen LogP contribution >= 0.6 is 0 Å². The van der Waals surface area contributed by atoms with Crippen LogP contribution in [-0.4, -0.2) is 17.6 Å². The normalized spacial score (nSPS) is 20.6. The molecule has 2 aromatic carbocycles. The van der Waals surface area contributed by atoms with Gasteiger partial charge in [0.15, 0.2) is 0 Å². The van der Waals surface area contributed by atoms with Gasteiger partial charge in [-0.3, -0.25) is 0 Å². The monoisotopic (exact) mass is 328 g/mol. The van der Waals surface area contributed by atoms with Crippen LogP contribution in [0.2, 0.25) is 0 Å². The van der Waals surface area contributed by atoms with Crippen molar-refractivity contribution in [2.75, 3.05) is 6.54 Å². The number of nitrogens with one attached hydrogen (secondary N) is 2. The van der Waals surface area contributed by atoms with E-state index in [1.807, 2.05) is 0 Å². The lowest BCUT2D eigenvalue weighted by Gasteiger charge is -2.26. The molecule has 0 bridgehead atoms. The van der Waals surface area contributed by atoms with Crippen molar-refractivity contribution in [2.45, 2.75) is 31.7 Å². The van der Waals surface area contributed by atoms with Crippen molar-refractivity contribution in [3.8, 4) is 0 Å². The number of fused-ring (bicyclic) bond motifs is 2. The van der Waals surface area contributed by atoms with E-state index in [-0.39, 0.29) is 0 Å². The molecule has 1 aliphatic heterocycles. The van der Waals surface area contributed by atoms with Crippen LogP contribution in [0.5, 0.6) is 0 Å². The van der Waals surface area contributed by atoms with Gasteiger partial charge in [0.2, 0.25) is 0 Å². The minimum atomic E-state index is 0.591. The SMILES string of the molecule is C1=C(c2c[nH]c3ccccc23)CC(CC2Cc3ccccc3C2)NC1. The van der Waals surface area contributed by atoms with E-state index in [1.54, 1.807) is 11.1 Å². The van der Waals surface area contributed by atoms with Crippen LogP contribution in [0.25, 0.3) is 16.5 Å². The Morgan fingerprint density at radius 3 is 2.48 bits per heavy atom. The molecule has 5 rings (SSSR count). The predicted molar refractivity (Wildman–Crippen MR) is 105 cm³/mol. The van der Waals surface area contributed by atoms with Crippen molar-refractivity contribution < 1.29 is 0 Å². The number of rotatable bonds is 3. The van der Waals surface area contributed by atoms with E-state index in [9.17, 15) is 0 Å². The highest BCUT2D eigenvalue weighted by molar-refractivity contribution is 5.92. The van der Waals surface area contributed by atoms with Gasteiger partial charge >= 0.3 is 0 Å². The molecule has 3 aromatic rings. The first kappa shape index (κ1) is 15.0. The molecule has 1 aliphatic carbocycles. The molecule has 0 saturated heterocycles. The fourth-order valence-corrected chi connectivity index (χ4v) is 4.71. The Hall–Kier alpha value is -2.32. The van der Waals surface area contributed by atoms with Gasteiger partial charge in [-0.15, -0.1) is 0 Å². The molecule has 126 valence electrons. The first-order chi connectivity index (χ1) is 12.4. The lowest BCUT2D eigenvalue weighted by atomic mass is 9.88. The minimum Gasteiger partial charge on any atom is -0.361 e. The zero-order chi connectivity index (χ0) is 16.6. The molecule has 2 aliphatic rings. The molecule has 25 heavy (non-hydrogen) atoms. The van der Waals surface area contributed by atoms with E-state index in [0.717, 1.165) is 18.9 Å². The van der Waals surface area contributed by atoms with Crippen LogP contribution in [0.4, 0.5) is 0 Å². The van der Waals surface area contributed by atoms with Gasteiger partial charge in [0, 0.05) is 35.2 Å². The molecular formula is C23H24N2. The second kappa shape index (κ2) is 6.20. The highest BCUT2D eigenvalue weighted by atomic mass is 14.9. The summed E-state index contributed by atoms with van der Waals surface area (Å²) in [6, 6.07) is 18.2. The number of aromatic nitrogens is 1. The fourth-order valence-electron chi connectivity index (χ4n) is 4.71. The third-order valence-electron chi connectivity index (χ3n) is 5.91. The second-order valence-electron chi connectivity index (χ2n) is 7.57. The maximum absolute atomic E-state index is 3.73. The first-order valence-electron chi connectivity index (χ1n) is 9.42. The number of H-pyrrole nitrogens is 1. The van der Waals surface area contributed by atoms with E-state index in [0.29, 0.717) is 6.04 Å². The molecule has 1 atom stereocenters. The summed E-state index contributed by atoms with van der Waals surface area (Å²) in [5, 5.41) is 5.08. The van der Waals surface area contributed by atoms with Crippen LogP contribution in [0.15, 0.2) is 60.8 Å². The smallest absolute Gasteiger partial charge is 0.0460 e. The number of benzene rings is 2. The molecule has 2 nitrogen and oxygen atoms in total. The van der Waals surface area contributed by atoms with Crippen molar-refractivity contribution in [2.24, 2.45) is 5.92 Å².